The molecule has 0 atom stereocenters. The Balaban J connectivity index is 1.95. The van der Waals surface area contributed by atoms with E-state index in [-0.39, 0.29) is 16.3 Å². The number of guanidine groups is 1. The van der Waals surface area contributed by atoms with Gasteiger partial charge in [0, 0.05) is 38.1 Å². The van der Waals surface area contributed by atoms with Crippen molar-refractivity contribution in [1.29, 1.82) is 0 Å². The normalized spacial score (nSPS) is 12.5. The molecule has 26 heavy (non-hydrogen) atoms. The Labute approximate surface area is 155 Å². The number of benzene rings is 1. The van der Waals surface area contributed by atoms with E-state index in [0.717, 1.165) is 38.7 Å². The predicted octanol–water partition coefficient (Wildman–Crippen LogP) is 2.14. The summed E-state index contributed by atoms with van der Waals surface area (Å²) in [6, 6.07) is 6.51. The number of sulfonamides is 1. The van der Waals surface area contributed by atoms with Gasteiger partial charge in [0.2, 0.25) is 0 Å². The third-order valence-electron chi connectivity index (χ3n) is 3.48. The largest absolute Gasteiger partial charge is 0.352 e. The Bertz CT molecular complexity index is 895. The van der Waals surface area contributed by atoms with Gasteiger partial charge in [-0.15, -0.1) is 11.3 Å². The van der Waals surface area contributed by atoms with Crippen molar-refractivity contribution in [2.24, 2.45) is 4.99 Å². The molecule has 0 radical (unpaired) electrons. The fourth-order valence-electron chi connectivity index (χ4n) is 2.02. The molecule has 1 heterocycles. The van der Waals surface area contributed by atoms with Crippen LogP contribution in [-0.4, -0.2) is 39.8 Å². The first-order chi connectivity index (χ1) is 12.2. The second-order valence-corrected chi connectivity index (χ2v) is 9.07. The molecule has 10 heteroatoms. The molecule has 1 aromatic carbocycles. The van der Waals surface area contributed by atoms with Gasteiger partial charge in [-0.2, -0.15) is 0 Å². The first-order valence-corrected chi connectivity index (χ1v) is 9.89. The number of hydrogen-bond acceptors (Lipinski definition) is 4. The van der Waals surface area contributed by atoms with Gasteiger partial charge in [-0.3, -0.25) is 4.99 Å². The minimum atomic E-state index is -3.45. The molecule has 0 amide bonds. The highest BCUT2D eigenvalue weighted by molar-refractivity contribution is 7.91. The molecule has 0 fully saturated rings. The Morgan fingerprint density at radius 1 is 1.15 bits per heavy atom. The van der Waals surface area contributed by atoms with Crippen molar-refractivity contribution in [2.75, 3.05) is 21.1 Å². The Morgan fingerprint density at radius 2 is 1.85 bits per heavy atom. The average molecular weight is 402 g/mol. The molecule has 2 N–H and O–H groups in total. The smallest absolute Gasteiger partial charge is 0.252 e. The summed E-state index contributed by atoms with van der Waals surface area (Å²) < 4.78 is 52.4. The summed E-state index contributed by atoms with van der Waals surface area (Å²) in [6.07, 6.45) is 0. The maximum absolute atomic E-state index is 13.6. The van der Waals surface area contributed by atoms with Crippen molar-refractivity contribution in [3.05, 3.63) is 52.4 Å². The minimum absolute atomic E-state index is 0.0635. The van der Waals surface area contributed by atoms with E-state index in [1.165, 1.54) is 14.1 Å². The second-order valence-electron chi connectivity index (χ2n) is 5.52. The molecule has 2 rings (SSSR count). The lowest BCUT2D eigenvalue weighted by molar-refractivity contribution is 0.523. The van der Waals surface area contributed by atoms with Crippen LogP contribution in [0.25, 0.3) is 0 Å². The predicted molar refractivity (Wildman–Crippen MR) is 98.6 cm³/mol. The van der Waals surface area contributed by atoms with Crippen LogP contribution in [0.1, 0.15) is 10.4 Å². The molecule has 142 valence electrons. The van der Waals surface area contributed by atoms with E-state index in [4.69, 9.17) is 0 Å². The van der Waals surface area contributed by atoms with Gasteiger partial charge in [0.1, 0.15) is 15.8 Å². The Kier molecular flexibility index (Phi) is 6.68. The second kappa shape index (κ2) is 8.56. The Hall–Kier alpha value is -2.04. The number of nitrogens with zero attached hydrogens (tertiary/aromatic N) is 2. The van der Waals surface area contributed by atoms with E-state index in [2.05, 4.69) is 15.6 Å². The summed E-state index contributed by atoms with van der Waals surface area (Å²) in [5.41, 5.74) is 0.184. The van der Waals surface area contributed by atoms with E-state index >= 15 is 0 Å². The molecule has 0 aliphatic heterocycles. The van der Waals surface area contributed by atoms with Crippen LogP contribution in [-0.2, 0) is 23.1 Å². The van der Waals surface area contributed by atoms with Crippen LogP contribution < -0.4 is 10.6 Å². The van der Waals surface area contributed by atoms with E-state index in [1.807, 2.05) is 0 Å². The molecule has 0 unspecified atom stereocenters. The van der Waals surface area contributed by atoms with Crippen molar-refractivity contribution in [2.45, 2.75) is 17.3 Å². The average Bonchev–Trinajstić information content (AvgIpc) is 3.07. The first-order valence-electron chi connectivity index (χ1n) is 7.63. The lowest BCUT2D eigenvalue weighted by atomic mass is 10.2. The number of thiophene rings is 1. The van der Waals surface area contributed by atoms with Gasteiger partial charge in [-0.05, 0) is 30.3 Å². The standard InChI is InChI=1S/C16H20F2N4O2S2/c1-19-16(20-9-11-8-12(17)4-6-14(11)18)21-10-13-5-7-15(25-13)26(23,24)22(2)3/h4-8H,9-10H2,1-3H3,(H2,19,20,21). The quantitative estimate of drug-likeness (QED) is 0.574. The molecule has 0 aliphatic rings. The SMILES string of the molecule is CN=C(NCc1ccc(S(=O)(=O)N(C)C)s1)NCc1cc(F)ccc1F. The highest BCUT2D eigenvalue weighted by atomic mass is 32.2. The van der Waals surface area contributed by atoms with Crippen molar-refractivity contribution in [1.82, 2.24) is 14.9 Å². The summed E-state index contributed by atoms with van der Waals surface area (Å²) in [5.74, 6) is -0.635. The molecule has 0 spiro atoms. The zero-order valence-corrected chi connectivity index (χ0v) is 16.2. The van der Waals surface area contributed by atoms with Crippen LogP contribution in [0, 0.1) is 11.6 Å². The summed E-state index contributed by atoms with van der Waals surface area (Å²) >= 11 is 1.16. The van der Waals surface area contributed by atoms with Crippen molar-refractivity contribution < 1.29 is 17.2 Å². The van der Waals surface area contributed by atoms with Gasteiger partial charge in [-0.1, -0.05) is 0 Å². The van der Waals surface area contributed by atoms with Gasteiger partial charge in [0.05, 0.1) is 6.54 Å². The summed E-state index contributed by atoms with van der Waals surface area (Å²) in [7, 11) is 1.05. The van der Waals surface area contributed by atoms with Crippen LogP contribution >= 0.6 is 11.3 Å². The lowest BCUT2D eigenvalue weighted by Gasteiger charge is -2.12. The fraction of sp³-hybridized carbons (Fsp3) is 0.312. The van der Waals surface area contributed by atoms with Gasteiger partial charge >= 0.3 is 0 Å². The molecule has 0 aliphatic carbocycles. The molecular formula is C16H20F2N4O2S2. The monoisotopic (exact) mass is 402 g/mol. The maximum atomic E-state index is 13.6. The fourth-order valence-corrected chi connectivity index (χ4v) is 4.49. The third kappa shape index (κ3) is 4.99. The summed E-state index contributed by atoms with van der Waals surface area (Å²) in [4.78, 5) is 4.81. The van der Waals surface area contributed by atoms with Crippen LogP contribution in [0.4, 0.5) is 8.78 Å². The molecule has 2 aromatic rings. The zero-order valence-electron chi connectivity index (χ0n) is 14.6. The highest BCUT2D eigenvalue weighted by Gasteiger charge is 2.19. The molecular weight excluding hydrogens is 382 g/mol. The molecule has 6 nitrogen and oxygen atoms in total. The van der Waals surface area contributed by atoms with E-state index in [1.54, 1.807) is 19.2 Å². The maximum Gasteiger partial charge on any atom is 0.252 e. The number of aliphatic imine (C=N–C) groups is 1. The van der Waals surface area contributed by atoms with E-state index in [0.29, 0.717) is 12.5 Å². The zero-order chi connectivity index (χ0) is 19.3. The number of hydrogen-bond donors (Lipinski definition) is 2. The van der Waals surface area contributed by atoms with Crippen LogP contribution in [0.15, 0.2) is 39.5 Å². The van der Waals surface area contributed by atoms with Crippen LogP contribution in [0.2, 0.25) is 0 Å². The topological polar surface area (TPSA) is 73.8 Å². The van der Waals surface area contributed by atoms with Crippen LogP contribution in [0.5, 0.6) is 0 Å². The minimum Gasteiger partial charge on any atom is -0.352 e. The molecule has 1 aromatic heterocycles. The van der Waals surface area contributed by atoms with Gasteiger partial charge in [0.15, 0.2) is 5.96 Å². The number of nitrogens with one attached hydrogen (secondary N) is 2. The van der Waals surface area contributed by atoms with E-state index in [9.17, 15) is 17.2 Å². The van der Waals surface area contributed by atoms with Crippen molar-refractivity contribution >= 4 is 27.3 Å². The van der Waals surface area contributed by atoms with Crippen LogP contribution in [0.3, 0.4) is 0 Å². The number of rotatable bonds is 6. The van der Waals surface area contributed by atoms with Crippen molar-refractivity contribution in [3.8, 4) is 0 Å². The summed E-state index contributed by atoms with van der Waals surface area (Å²) in [6.45, 7) is 0.410. The Morgan fingerprint density at radius 3 is 2.50 bits per heavy atom. The molecule has 0 saturated carbocycles. The van der Waals surface area contributed by atoms with Gasteiger partial charge in [-0.25, -0.2) is 21.5 Å². The first kappa shape index (κ1) is 20.3. The number of halogens is 2. The van der Waals surface area contributed by atoms with Gasteiger partial charge in [0.25, 0.3) is 10.0 Å². The molecule has 0 bridgehead atoms. The van der Waals surface area contributed by atoms with Crippen molar-refractivity contribution in [3.63, 3.8) is 0 Å². The van der Waals surface area contributed by atoms with E-state index < -0.39 is 21.7 Å². The van der Waals surface area contributed by atoms with Gasteiger partial charge < -0.3 is 10.6 Å². The molecule has 0 saturated heterocycles. The highest BCUT2D eigenvalue weighted by Crippen LogP contribution is 2.23. The third-order valence-corrected chi connectivity index (χ3v) is 6.85. The lowest BCUT2D eigenvalue weighted by Crippen LogP contribution is -2.36. The summed E-state index contributed by atoms with van der Waals surface area (Å²) in [5, 5.41) is 5.90.